The van der Waals surface area contributed by atoms with Gasteiger partial charge in [0.15, 0.2) is 0 Å². The zero-order valence-corrected chi connectivity index (χ0v) is 12.6. The number of carbonyl (C=O) groups is 1. The molecular weight excluding hydrogens is 266 g/mol. The summed E-state index contributed by atoms with van der Waals surface area (Å²) >= 11 is 0. The lowest BCUT2D eigenvalue weighted by molar-refractivity contribution is -0.00718. The molecule has 2 heterocycles. The number of anilines is 1. The fourth-order valence-corrected chi connectivity index (χ4v) is 3.68. The lowest BCUT2D eigenvalue weighted by Gasteiger charge is -2.58. The van der Waals surface area contributed by atoms with E-state index in [4.69, 9.17) is 0 Å². The Balaban J connectivity index is 1.86. The number of benzene rings is 1. The molecule has 0 unspecified atom stereocenters. The number of amides is 2. The number of para-hydroxylation sites is 1. The smallest absolute Gasteiger partial charge is 0.318 e. The summed E-state index contributed by atoms with van der Waals surface area (Å²) < 4.78 is 0. The van der Waals surface area contributed by atoms with Crippen molar-refractivity contribution in [3.63, 3.8) is 0 Å². The maximum absolute atomic E-state index is 12.3. The number of aliphatic hydroxyl groups is 1. The van der Waals surface area contributed by atoms with Crippen LogP contribution in [0.25, 0.3) is 0 Å². The van der Waals surface area contributed by atoms with Crippen LogP contribution in [0.4, 0.5) is 10.5 Å². The van der Waals surface area contributed by atoms with Gasteiger partial charge in [0.1, 0.15) is 0 Å². The van der Waals surface area contributed by atoms with Crippen LogP contribution < -0.4 is 10.2 Å². The van der Waals surface area contributed by atoms with E-state index in [-0.39, 0.29) is 30.6 Å². The van der Waals surface area contributed by atoms with E-state index < -0.39 is 0 Å². The lowest BCUT2D eigenvalue weighted by atomic mass is 9.72. The fraction of sp³-hybridized carbons (Fsp3) is 0.562. The van der Waals surface area contributed by atoms with Gasteiger partial charge in [-0.15, -0.1) is 0 Å². The number of carbonyl (C=O) groups excluding carboxylic acids is 1. The Labute approximate surface area is 125 Å². The Morgan fingerprint density at radius 3 is 2.90 bits per heavy atom. The molecule has 2 N–H and O–H groups in total. The largest absolute Gasteiger partial charge is 0.394 e. The first-order chi connectivity index (χ1) is 10.2. The molecule has 21 heavy (non-hydrogen) atoms. The van der Waals surface area contributed by atoms with Crippen molar-refractivity contribution in [1.29, 1.82) is 0 Å². The van der Waals surface area contributed by atoms with Crippen LogP contribution in [0.5, 0.6) is 0 Å². The number of fused-ring (bicyclic) bond motifs is 3. The highest BCUT2D eigenvalue weighted by Crippen LogP contribution is 2.47. The molecule has 5 heteroatoms. The number of hydrogen-bond donors (Lipinski definition) is 2. The van der Waals surface area contributed by atoms with Crippen LogP contribution in [0.3, 0.4) is 0 Å². The van der Waals surface area contributed by atoms with Crippen molar-refractivity contribution in [3.05, 3.63) is 29.8 Å². The molecule has 5 nitrogen and oxygen atoms in total. The summed E-state index contributed by atoms with van der Waals surface area (Å²) in [5.41, 5.74) is 2.46. The summed E-state index contributed by atoms with van der Waals surface area (Å²) in [5, 5.41) is 12.7. The standard InChI is InChI=1S/C16H23N3O2/c1-3-8-17-16(21)19-13-9-18(2)12-7-5-4-6-11(12)15(13)14(19)10-20/h4-7,13-15,20H,3,8-10H2,1-2H3,(H,17,21)/t13-,14-,15+/m0/s1. The minimum Gasteiger partial charge on any atom is -0.394 e. The van der Waals surface area contributed by atoms with Crippen LogP contribution >= 0.6 is 0 Å². The molecule has 0 saturated carbocycles. The molecule has 3 atom stereocenters. The topological polar surface area (TPSA) is 55.8 Å². The number of likely N-dealkylation sites (N-methyl/N-ethyl adjacent to an activating group) is 1. The number of nitrogens with one attached hydrogen (secondary N) is 1. The minimum atomic E-state index is -0.110. The van der Waals surface area contributed by atoms with Gasteiger partial charge < -0.3 is 20.2 Å². The number of hydrogen-bond acceptors (Lipinski definition) is 3. The van der Waals surface area contributed by atoms with E-state index in [1.807, 2.05) is 24.0 Å². The first kappa shape index (κ1) is 14.2. The van der Waals surface area contributed by atoms with Gasteiger partial charge in [0, 0.05) is 31.7 Å². The van der Waals surface area contributed by atoms with Gasteiger partial charge in [-0.05, 0) is 18.1 Å². The Hall–Kier alpha value is -1.75. The Bertz CT molecular complexity index is 534. The van der Waals surface area contributed by atoms with Crippen LogP contribution in [0.15, 0.2) is 24.3 Å². The maximum Gasteiger partial charge on any atom is 0.318 e. The van der Waals surface area contributed by atoms with Crippen molar-refractivity contribution in [2.24, 2.45) is 0 Å². The summed E-state index contributed by atoms with van der Waals surface area (Å²) in [6.07, 6.45) is 0.917. The number of likely N-dealkylation sites (tertiary alicyclic amines) is 1. The van der Waals surface area contributed by atoms with Crippen LogP contribution in [0, 0.1) is 0 Å². The van der Waals surface area contributed by atoms with E-state index in [9.17, 15) is 9.90 Å². The zero-order chi connectivity index (χ0) is 15.0. The van der Waals surface area contributed by atoms with Crippen LogP contribution in [0.2, 0.25) is 0 Å². The van der Waals surface area contributed by atoms with Gasteiger partial charge in [-0.25, -0.2) is 4.79 Å². The minimum absolute atomic E-state index is 0.0127. The van der Waals surface area contributed by atoms with E-state index in [1.165, 1.54) is 11.3 Å². The SMILES string of the molecule is CCCNC(=O)N1[C@@H](CO)[C@@H]2c3ccccc3N(C)C[C@@H]21. The fourth-order valence-electron chi connectivity index (χ4n) is 3.68. The van der Waals surface area contributed by atoms with Gasteiger partial charge in [-0.3, -0.25) is 0 Å². The summed E-state index contributed by atoms with van der Waals surface area (Å²) in [5.74, 6) is 0.245. The monoisotopic (exact) mass is 289 g/mol. The Kier molecular flexibility index (Phi) is 3.76. The second-order valence-corrected chi connectivity index (χ2v) is 5.92. The maximum atomic E-state index is 12.3. The molecule has 2 aliphatic rings. The van der Waals surface area contributed by atoms with Gasteiger partial charge in [-0.1, -0.05) is 25.1 Å². The average molecular weight is 289 g/mol. The van der Waals surface area contributed by atoms with Crippen molar-refractivity contribution < 1.29 is 9.90 Å². The predicted octanol–water partition coefficient (Wildman–Crippen LogP) is 1.38. The molecule has 1 saturated heterocycles. The molecular formula is C16H23N3O2. The molecule has 0 bridgehead atoms. The summed E-state index contributed by atoms with van der Waals surface area (Å²) in [6.45, 7) is 3.54. The molecule has 0 aliphatic carbocycles. The summed E-state index contributed by atoms with van der Waals surface area (Å²) in [6, 6.07) is 8.29. The van der Waals surface area contributed by atoms with Gasteiger partial charge in [0.2, 0.25) is 0 Å². The molecule has 0 spiro atoms. The normalized spacial score (nSPS) is 26.7. The van der Waals surface area contributed by atoms with E-state index in [0.717, 1.165) is 13.0 Å². The van der Waals surface area contributed by atoms with Gasteiger partial charge in [0.05, 0.1) is 18.7 Å². The molecule has 114 valence electrons. The van der Waals surface area contributed by atoms with E-state index in [1.54, 1.807) is 0 Å². The van der Waals surface area contributed by atoms with Crippen molar-refractivity contribution in [2.45, 2.75) is 31.3 Å². The molecule has 1 aromatic rings. The third-order valence-electron chi connectivity index (χ3n) is 4.66. The van der Waals surface area contributed by atoms with E-state index in [0.29, 0.717) is 6.54 Å². The highest BCUT2D eigenvalue weighted by molar-refractivity contribution is 5.78. The van der Waals surface area contributed by atoms with Crippen LogP contribution in [-0.2, 0) is 0 Å². The molecule has 0 aromatic heterocycles. The number of aliphatic hydroxyl groups excluding tert-OH is 1. The van der Waals surface area contributed by atoms with Gasteiger partial charge >= 0.3 is 6.03 Å². The van der Waals surface area contributed by atoms with Crippen LogP contribution in [0.1, 0.15) is 24.8 Å². The quantitative estimate of drug-likeness (QED) is 0.884. The first-order valence-electron chi connectivity index (χ1n) is 7.66. The van der Waals surface area contributed by atoms with Crippen molar-refractivity contribution in [1.82, 2.24) is 10.2 Å². The highest BCUT2D eigenvalue weighted by atomic mass is 16.3. The average Bonchev–Trinajstić information content (AvgIpc) is 2.48. The molecule has 2 aliphatic heterocycles. The molecule has 1 aromatic carbocycles. The lowest BCUT2D eigenvalue weighted by Crippen LogP contribution is -2.71. The Morgan fingerprint density at radius 1 is 1.43 bits per heavy atom. The van der Waals surface area contributed by atoms with Crippen molar-refractivity contribution in [3.8, 4) is 0 Å². The molecule has 0 radical (unpaired) electrons. The predicted molar refractivity (Wildman–Crippen MR) is 82.6 cm³/mol. The Morgan fingerprint density at radius 2 is 2.19 bits per heavy atom. The van der Waals surface area contributed by atoms with E-state index >= 15 is 0 Å². The third-order valence-corrected chi connectivity index (χ3v) is 4.66. The summed E-state index contributed by atoms with van der Waals surface area (Å²) in [7, 11) is 2.06. The first-order valence-corrected chi connectivity index (χ1v) is 7.66. The van der Waals surface area contributed by atoms with Crippen molar-refractivity contribution >= 4 is 11.7 Å². The van der Waals surface area contributed by atoms with Crippen molar-refractivity contribution in [2.75, 3.05) is 31.6 Å². The molecule has 1 fully saturated rings. The molecule has 2 amide bonds. The zero-order valence-electron chi connectivity index (χ0n) is 12.6. The second-order valence-electron chi connectivity index (χ2n) is 5.92. The number of nitrogens with zero attached hydrogens (tertiary/aromatic N) is 2. The second kappa shape index (κ2) is 5.56. The van der Waals surface area contributed by atoms with E-state index in [2.05, 4.69) is 29.4 Å². The third kappa shape index (κ3) is 2.16. The molecule has 3 rings (SSSR count). The van der Waals surface area contributed by atoms with Gasteiger partial charge in [-0.2, -0.15) is 0 Å². The summed E-state index contributed by atoms with van der Waals surface area (Å²) in [4.78, 5) is 16.3. The number of urea groups is 1. The van der Waals surface area contributed by atoms with Crippen LogP contribution in [-0.4, -0.2) is 54.9 Å². The highest BCUT2D eigenvalue weighted by Gasteiger charge is 2.54. The van der Waals surface area contributed by atoms with Gasteiger partial charge in [0.25, 0.3) is 0 Å². The number of rotatable bonds is 3.